The molecule has 0 unspecified atom stereocenters. The molecule has 0 saturated carbocycles. The van der Waals surface area contributed by atoms with Gasteiger partial charge in [-0.1, -0.05) is 0 Å². The topological polar surface area (TPSA) is 61.1 Å². The number of hydrogen-bond acceptors (Lipinski definition) is 3. The molecule has 0 radical (unpaired) electrons. The third kappa shape index (κ3) is 1.13. The SMILES string of the molecule is Cc1nc2n(C)c(C)nn2c1CCN. The predicted molar refractivity (Wildman–Crippen MR) is 54.2 cm³/mol. The van der Waals surface area contributed by atoms with Crippen molar-refractivity contribution in [2.24, 2.45) is 12.8 Å². The Morgan fingerprint density at radius 1 is 1.36 bits per heavy atom. The Balaban J connectivity index is 2.69. The van der Waals surface area contributed by atoms with Crippen molar-refractivity contribution in [1.29, 1.82) is 0 Å². The molecule has 5 nitrogen and oxygen atoms in total. The third-order valence-electron chi connectivity index (χ3n) is 2.54. The van der Waals surface area contributed by atoms with E-state index in [9.17, 15) is 0 Å². The first kappa shape index (κ1) is 9.21. The summed E-state index contributed by atoms with van der Waals surface area (Å²) >= 11 is 0. The van der Waals surface area contributed by atoms with Crippen LogP contribution in [0.1, 0.15) is 17.2 Å². The molecule has 2 rings (SSSR count). The Bertz CT molecular complexity index is 465. The molecule has 0 atom stereocenters. The second-order valence-corrected chi connectivity index (χ2v) is 3.50. The van der Waals surface area contributed by atoms with Gasteiger partial charge >= 0.3 is 0 Å². The Morgan fingerprint density at radius 2 is 2.07 bits per heavy atom. The van der Waals surface area contributed by atoms with E-state index in [1.165, 1.54) is 0 Å². The molecular weight excluding hydrogens is 178 g/mol. The van der Waals surface area contributed by atoms with Gasteiger partial charge in [0.2, 0.25) is 5.78 Å². The Kier molecular flexibility index (Phi) is 2.03. The molecule has 0 aliphatic heterocycles. The van der Waals surface area contributed by atoms with E-state index in [-0.39, 0.29) is 0 Å². The molecule has 0 bridgehead atoms. The Morgan fingerprint density at radius 3 is 2.71 bits per heavy atom. The monoisotopic (exact) mass is 193 g/mol. The van der Waals surface area contributed by atoms with Crippen LogP contribution in [0.25, 0.3) is 5.78 Å². The van der Waals surface area contributed by atoms with Gasteiger partial charge < -0.3 is 10.3 Å². The average molecular weight is 193 g/mol. The first-order valence-electron chi connectivity index (χ1n) is 4.72. The lowest BCUT2D eigenvalue weighted by atomic mass is 10.3. The summed E-state index contributed by atoms with van der Waals surface area (Å²) in [6, 6.07) is 0. The van der Waals surface area contributed by atoms with E-state index in [0.29, 0.717) is 6.54 Å². The molecule has 76 valence electrons. The summed E-state index contributed by atoms with van der Waals surface area (Å²) in [5, 5.41) is 4.41. The van der Waals surface area contributed by atoms with E-state index in [1.807, 2.05) is 30.0 Å². The second-order valence-electron chi connectivity index (χ2n) is 3.50. The van der Waals surface area contributed by atoms with Crippen molar-refractivity contribution in [1.82, 2.24) is 19.2 Å². The first-order valence-corrected chi connectivity index (χ1v) is 4.72. The van der Waals surface area contributed by atoms with Gasteiger partial charge in [-0.2, -0.15) is 5.10 Å². The van der Waals surface area contributed by atoms with Crippen molar-refractivity contribution in [2.75, 3.05) is 6.54 Å². The van der Waals surface area contributed by atoms with E-state index < -0.39 is 0 Å². The standard InChI is InChI=1S/C9H15N5/c1-6-8(4-5-10)14-9(11-6)13(3)7(2)12-14/h4-5,10H2,1-3H3. The van der Waals surface area contributed by atoms with Crippen molar-refractivity contribution in [3.05, 3.63) is 17.2 Å². The van der Waals surface area contributed by atoms with Crippen LogP contribution in [0.4, 0.5) is 0 Å². The highest BCUT2D eigenvalue weighted by atomic mass is 15.4. The van der Waals surface area contributed by atoms with E-state index >= 15 is 0 Å². The quantitative estimate of drug-likeness (QED) is 0.740. The molecule has 0 fully saturated rings. The van der Waals surface area contributed by atoms with Gasteiger partial charge in [-0.3, -0.25) is 0 Å². The Hall–Kier alpha value is -1.36. The first-order chi connectivity index (χ1) is 6.65. The van der Waals surface area contributed by atoms with Crippen molar-refractivity contribution in [3.8, 4) is 0 Å². The minimum atomic E-state index is 0.629. The summed E-state index contributed by atoms with van der Waals surface area (Å²) < 4.78 is 3.87. The second kappa shape index (κ2) is 3.09. The number of aryl methyl sites for hydroxylation is 3. The van der Waals surface area contributed by atoms with Crippen LogP contribution in [0.5, 0.6) is 0 Å². The molecular formula is C9H15N5. The summed E-state index contributed by atoms with van der Waals surface area (Å²) in [6.07, 6.45) is 0.823. The van der Waals surface area contributed by atoms with Gasteiger partial charge in [-0.15, -0.1) is 0 Å². The molecule has 0 aliphatic carbocycles. The van der Waals surface area contributed by atoms with Gasteiger partial charge in [0.05, 0.1) is 11.4 Å². The zero-order chi connectivity index (χ0) is 10.3. The van der Waals surface area contributed by atoms with Crippen LogP contribution in [-0.4, -0.2) is 25.7 Å². The summed E-state index contributed by atoms with van der Waals surface area (Å²) in [4.78, 5) is 4.46. The molecule has 2 heterocycles. The van der Waals surface area contributed by atoms with E-state index in [4.69, 9.17) is 5.73 Å². The van der Waals surface area contributed by atoms with Gasteiger partial charge in [0.1, 0.15) is 5.82 Å². The largest absolute Gasteiger partial charge is 0.330 e. The lowest BCUT2D eigenvalue weighted by molar-refractivity contribution is 0.815. The average Bonchev–Trinajstić information content (AvgIpc) is 2.57. The fourth-order valence-electron chi connectivity index (χ4n) is 1.64. The summed E-state index contributed by atoms with van der Waals surface area (Å²) in [6.45, 7) is 4.59. The van der Waals surface area contributed by atoms with E-state index in [1.54, 1.807) is 0 Å². The minimum absolute atomic E-state index is 0.629. The fraction of sp³-hybridized carbons (Fsp3) is 0.556. The predicted octanol–water partition coefficient (Wildman–Crippen LogP) is 0.186. The molecule has 0 aromatic carbocycles. The maximum atomic E-state index is 5.55. The van der Waals surface area contributed by atoms with Crippen molar-refractivity contribution in [3.63, 3.8) is 0 Å². The van der Waals surface area contributed by atoms with Crippen molar-refractivity contribution >= 4 is 5.78 Å². The van der Waals surface area contributed by atoms with Gasteiger partial charge in [0.15, 0.2) is 0 Å². The Labute approximate surface area is 82.5 Å². The summed E-state index contributed by atoms with van der Waals surface area (Å²) in [5.74, 6) is 1.86. The third-order valence-corrected chi connectivity index (χ3v) is 2.54. The van der Waals surface area contributed by atoms with Crippen LogP contribution in [0.2, 0.25) is 0 Å². The maximum Gasteiger partial charge on any atom is 0.232 e. The number of rotatable bonds is 2. The summed E-state index contributed by atoms with van der Waals surface area (Å²) in [5.41, 5.74) is 7.69. The van der Waals surface area contributed by atoms with Crippen LogP contribution in [0.3, 0.4) is 0 Å². The molecule has 0 amide bonds. The molecule has 2 aromatic rings. The fourth-order valence-corrected chi connectivity index (χ4v) is 1.64. The zero-order valence-electron chi connectivity index (χ0n) is 8.78. The maximum absolute atomic E-state index is 5.55. The molecule has 0 spiro atoms. The highest BCUT2D eigenvalue weighted by molar-refractivity contribution is 5.36. The van der Waals surface area contributed by atoms with Crippen LogP contribution in [0.15, 0.2) is 0 Å². The lowest BCUT2D eigenvalue weighted by Crippen LogP contribution is -2.06. The van der Waals surface area contributed by atoms with E-state index in [2.05, 4.69) is 10.1 Å². The summed E-state index contributed by atoms with van der Waals surface area (Å²) in [7, 11) is 1.97. The molecule has 5 heteroatoms. The molecule has 14 heavy (non-hydrogen) atoms. The van der Waals surface area contributed by atoms with Gasteiger partial charge in [0.25, 0.3) is 0 Å². The van der Waals surface area contributed by atoms with Crippen LogP contribution in [0, 0.1) is 13.8 Å². The molecule has 0 aliphatic rings. The smallest absolute Gasteiger partial charge is 0.232 e. The van der Waals surface area contributed by atoms with Crippen molar-refractivity contribution in [2.45, 2.75) is 20.3 Å². The number of nitrogens with zero attached hydrogens (tertiary/aromatic N) is 4. The molecule has 2 N–H and O–H groups in total. The normalized spacial score (nSPS) is 11.4. The number of aromatic nitrogens is 4. The zero-order valence-corrected chi connectivity index (χ0v) is 8.78. The van der Waals surface area contributed by atoms with Gasteiger partial charge in [0, 0.05) is 13.5 Å². The van der Waals surface area contributed by atoms with Crippen LogP contribution in [-0.2, 0) is 13.5 Å². The highest BCUT2D eigenvalue weighted by Gasteiger charge is 2.13. The number of fused-ring (bicyclic) bond motifs is 1. The lowest BCUT2D eigenvalue weighted by Gasteiger charge is -1.95. The number of imidazole rings is 1. The van der Waals surface area contributed by atoms with Gasteiger partial charge in [-0.25, -0.2) is 9.50 Å². The van der Waals surface area contributed by atoms with Crippen LogP contribution < -0.4 is 5.73 Å². The molecule has 2 aromatic heterocycles. The minimum Gasteiger partial charge on any atom is -0.330 e. The number of nitrogens with two attached hydrogens (primary N) is 1. The van der Waals surface area contributed by atoms with Crippen LogP contribution >= 0.6 is 0 Å². The highest BCUT2D eigenvalue weighted by Crippen LogP contribution is 2.12. The van der Waals surface area contributed by atoms with E-state index in [0.717, 1.165) is 29.4 Å². The van der Waals surface area contributed by atoms with Gasteiger partial charge in [-0.05, 0) is 20.4 Å². The number of hydrogen-bond donors (Lipinski definition) is 1. The molecule has 0 saturated heterocycles. The van der Waals surface area contributed by atoms with Crippen molar-refractivity contribution < 1.29 is 0 Å².